The molecule has 0 aliphatic heterocycles. The summed E-state index contributed by atoms with van der Waals surface area (Å²) in [6.45, 7) is 12.3. The highest BCUT2D eigenvalue weighted by Gasteiger charge is 2.21. The van der Waals surface area contributed by atoms with Gasteiger partial charge in [0.1, 0.15) is 5.60 Å². The van der Waals surface area contributed by atoms with Crippen LogP contribution in [0.2, 0.25) is 0 Å². The van der Waals surface area contributed by atoms with E-state index in [-0.39, 0.29) is 12.1 Å². The van der Waals surface area contributed by atoms with Crippen LogP contribution in [0.4, 0.5) is 4.79 Å². The SMILES string of the molecule is [C-]#[N+]C=C1CCC(NC(=O)OC(C)(C)C)CC1. The number of amides is 1. The van der Waals surface area contributed by atoms with Gasteiger partial charge in [0.15, 0.2) is 6.20 Å². The van der Waals surface area contributed by atoms with Gasteiger partial charge in [-0.25, -0.2) is 9.64 Å². The molecule has 0 spiro atoms. The molecule has 1 aliphatic rings. The van der Waals surface area contributed by atoms with Crippen molar-refractivity contribution >= 4 is 6.09 Å². The zero-order chi connectivity index (χ0) is 12.9. The average molecular weight is 236 g/mol. The summed E-state index contributed by atoms with van der Waals surface area (Å²) in [5, 5.41) is 2.87. The normalized spacial score (nSPS) is 20.4. The Labute approximate surface area is 103 Å². The summed E-state index contributed by atoms with van der Waals surface area (Å²) in [6, 6.07) is 0.174. The Hall–Kier alpha value is -1.50. The number of allylic oxidation sites excluding steroid dienone is 1. The molecule has 1 rings (SSSR count). The van der Waals surface area contributed by atoms with Crippen molar-refractivity contribution in [1.29, 1.82) is 0 Å². The van der Waals surface area contributed by atoms with Gasteiger partial charge in [0.2, 0.25) is 0 Å². The van der Waals surface area contributed by atoms with E-state index in [9.17, 15) is 4.79 Å². The van der Waals surface area contributed by atoms with Crippen LogP contribution in [0.25, 0.3) is 4.85 Å². The minimum Gasteiger partial charge on any atom is -0.444 e. The number of carbonyl (C=O) groups is 1. The van der Waals surface area contributed by atoms with E-state index in [0.717, 1.165) is 25.7 Å². The fourth-order valence-electron chi connectivity index (χ4n) is 1.83. The van der Waals surface area contributed by atoms with Gasteiger partial charge in [0, 0.05) is 6.04 Å². The molecule has 0 bridgehead atoms. The Bertz CT molecular complexity index is 337. The highest BCUT2D eigenvalue weighted by atomic mass is 16.6. The summed E-state index contributed by atoms with van der Waals surface area (Å²) in [7, 11) is 0. The number of hydrogen-bond acceptors (Lipinski definition) is 2. The number of alkyl carbamates (subject to hydrolysis) is 1. The maximum Gasteiger partial charge on any atom is 0.407 e. The molecule has 0 aromatic rings. The van der Waals surface area contributed by atoms with Crippen molar-refractivity contribution in [2.45, 2.75) is 58.1 Å². The predicted molar refractivity (Wildman–Crippen MR) is 66.3 cm³/mol. The second-order valence-corrected chi connectivity index (χ2v) is 5.34. The maximum atomic E-state index is 11.5. The van der Waals surface area contributed by atoms with E-state index in [1.165, 1.54) is 5.57 Å². The smallest absolute Gasteiger partial charge is 0.407 e. The molecule has 1 aliphatic carbocycles. The molecular weight excluding hydrogens is 216 g/mol. The van der Waals surface area contributed by atoms with Crippen LogP contribution in [0.1, 0.15) is 46.5 Å². The van der Waals surface area contributed by atoms with E-state index >= 15 is 0 Å². The monoisotopic (exact) mass is 236 g/mol. The van der Waals surface area contributed by atoms with Crippen molar-refractivity contribution in [2.75, 3.05) is 0 Å². The average Bonchev–Trinajstić information content (AvgIpc) is 2.18. The summed E-state index contributed by atoms with van der Waals surface area (Å²) in [6.07, 6.45) is 4.82. The van der Waals surface area contributed by atoms with Crippen molar-refractivity contribution in [3.05, 3.63) is 23.2 Å². The Morgan fingerprint density at radius 2 is 2.06 bits per heavy atom. The molecule has 0 unspecified atom stereocenters. The molecule has 1 amide bonds. The van der Waals surface area contributed by atoms with Gasteiger partial charge in [-0.3, -0.25) is 0 Å². The van der Waals surface area contributed by atoms with Gasteiger partial charge in [0.05, 0.1) is 6.57 Å². The minimum absolute atomic E-state index is 0.174. The van der Waals surface area contributed by atoms with Gasteiger partial charge < -0.3 is 10.1 Å². The van der Waals surface area contributed by atoms with E-state index < -0.39 is 5.60 Å². The molecule has 0 heterocycles. The molecule has 0 aromatic heterocycles. The molecule has 4 heteroatoms. The number of carbonyl (C=O) groups excluding carboxylic acids is 1. The molecule has 0 saturated heterocycles. The molecule has 1 saturated carbocycles. The molecule has 1 fully saturated rings. The Balaban J connectivity index is 2.34. The van der Waals surface area contributed by atoms with Crippen molar-refractivity contribution in [2.24, 2.45) is 0 Å². The van der Waals surface area contributed by atoms with Crippen LogP contribution in [0.15, 0.2) is 11.8 Å². The topological polar surface area (TPSA) is 42.7 Å². The fourth-order valence-corrected chi connectivity index (χ4v) is 1.83. The van der Waals surface area contributed by atoms with Crippen molar-refractivity contribution < 1.29 is 9.53 Å². The van der Waals surface area contributed by atoms with Crippen LogP contribution in [0.3, 0.4) is 0 Å². The van der Waals surface area contributed by atoms with Crippen molar-refractivity contribution in [3.8, 4) is 0 Å². The minimum atomic E-state index is -0.450. The van der Waals surface area contributed by atoms with Gasteiger partial charge in [-0.2, -0.15) is 0 Å². The van der Waals surface area contributed by atoms with Crippen LogP contribution in [-0.4, -0.2) is 17.7 Å². The Morgan fingerprint density at radius 1 is 1.47 bits per heavy atom. The lowest BCUT2D eigenvalue weighted by Crippen LogP contribution is -2.40. The quantitative estimate of drug-likeness (QED) is 0.710. The largest absolute Gasteiger partial charge is 0.444 e. The highest BCUT2D eigenvalue weighted by molar-refractivity contribution is 5.68. The molecule has 17 heavy (non-hydrogen) atoms. The number of rotatable bonds is 1. The first-order valence-electron chi connectivity index (χ1n) is 5.95. The summed E-state index contributed by atoms with van der Waals surface area (Å²) in [5.74, 6) is 0. The highest BCUT2D eigenvalue weighted by Crippen LogP contribution is 2.23. The third-order valence-electron chi connectivity index (χ3n) is 2.60. The third-order valence-corrected chi connectivity index (χ3v) is 2.60. The van der Waals surface area contributed by atoms with Crippen molar-refractivity contribution in [1.82, 2.24) is 5.32 Å². The van der Waals surface area contributed by atoms with Crippen molar-refractivity contribution in [3.63, 3.8) is 0 Å². The number of ether oxygens (including phenoxy) is 1. The Kier molecular flexibility index (Phi) is 4.56. The number of hydrogen-bond donors (Lipinski definition) is 1. The second kappa shape index (κ2) is 5.72. The molecule has 1 N–H and O–H groups in total. The van der Waals surface area contributed by atoms with E-state index in [4.69, 9.17) is 11.3 Å². The van der Waals surface area contributed by atoms with E-state index in [0.29, 0.717) is 0 Å². The molecule has 4 nitrogen and oxygen atoms in total. The van der Waals surface area contributed by atoms with Crippen LogP contribution in [0.5, 0.6) is 0 Å². The van der Waals surface area contributed by atoms with E-state index in [2.05, 4.69) is 10.2 Å². The van der Waals surface area contributed by atoms with Crippen LogP contribution < -0.4 is 5.32 Å². The summed E-state index contributed by atoms with van der Waals surface area (Å²) < 4.78 is 5.20. The van der Waals surface area contributed by atoms with Gasteiger partial charge in [-0.1, -0.05) is 5.57 Å². The molecule has 94 valence electrons. The van der Waals surface area contributed by atoms with Crippen LogP contribution >= 0.6 is 0 Å². The Morgan fingerprint density at radius 3 is 2.53 bits per heavy atom. The summed E-state index contributed by atoms with van der Waals surface area (Å²) in [5.41, 5.74) is 0.732. The molecule has 0 atom stereocenters. The lowest BCUT2D eigenvalue weighted by Gasteiger charge is -2.26. The lowest BCUT2D eigenvalue weighted by molar-refractivity contribution is 0.0496. The molecule has 0 aromatic carbocycles. The molecule has 0 radical (unpaired) electrons. The van der Waals surface area contributed by atoms with Crippen LogP contribution in [0, 0.1) is 6.57 Å². The molecular formula is C13H20N2O2. The first-order valence-corrected chi connectivity index (χ1v) is 5.95. The number of nitrogens with one attached hydrogen (secondary N) is 1. The van der Waals surface area contributed by atoms with Gasteiger partial charge in [-0.15, -0.1) is 0 Å². The second-order valence-electron chi connectivity index (χ2n) is 5.34. The fraction of sp³-hybridized carbons (Fsp3) is 0.692. The van der Waals surface area contributed by atoms with Gasteiger partial charge in [0.25, 0.3) is 0 Å². The third kappa shape index (κ3) is 5.39. The summed E-state index contributed by atoms with van der Waals surface area (Å²) in [4.78, 5) is 14.8. The first kappa shape index (κ1) is 13.6. The standard InChI is InChI=1S/C13H20N2O2/c1-13(2,3)17-12(16)15-11-7-5-10(6-8-11)9-14-4/h9,11H,5-8H2,1-3H3,(H,15,16). The van der Waals surface area contributed by atoms with E-state index in [1.807, 2.05) is 20.8 Å². The maximum absolute atomic E-state index is 11.5. The van der Waals surface area contributed by atoms with E-state index in [1.54, 1.807) is 6.20 Å². The van der Waals surface area contributed by atoms with Crippen LogP contribution in [-0.2, 0) is 4.74 Å². The number of nitrogens with zero attached hydrogens (tertiary/aromatic N) is 1. The zero-order valence-electron chi connectivity index (χ0n) is 10.7. The van der Waals surface area contributed by atoms with Gasteiger partial charge in [-0.05, 0) is 46.5 Å². The summed E-state index contributed by atoms with van der Waals surface area (Å²) >= 11 is 0. The lowest BCUT2D eigenvalue weighted by atomic mass is 9.91. The predicted octanol–water partition coefficient (Wildman–Crippen LogP) is 3.26. The zero-order valence-corrected chi connectivity index (χ0v) is 10.7. The first-order chi connectivity index (χ1) is 7.90. The van der Waals surface area contributed by atoms with Gasteiger partial charge >= 0.3 is 6.09 Å².